The molecule has 3 heteroatoms. The third kappa shape index (κ3) is 2.23. The van der Waals surface area contributed by atoms with Crippen LogP contribution in [0, 0.1) is 6.92 Å². The van der Waals surface area contributed by atoms with Gasteiger partial charge in [0.05, 0.1) is 11.2 Å². The third-order valence-corrected chi connectivity index (χ3v) is 4.40. The van der Waals surface area contributed by atoms with Gasteiger partial charge in [-0.15, -0.1) is 0 Å². The predicted octanol–water partition coefficient (Wildman–Crippen LogP) is 5.29. The Morgan fingerprint density at radius 2 is 1.83 bits per heavy atom. The van der Waals surface area contributed by atoms with Gasteiger partial charge in [-0.1, -0.05) is 48.0 Å². The summed E-state index contributed by atoms with van der Waals surface area (Å²) >= 11 is 6.03. The molecule has 0 saturated carbocycles. The fourth-order valence-corrected chi connectivity index (χ4v) is 3.29. The maximum Gasteiger partial charge on any atom is 0.210 e. The Morgan fingerprint density at radius 1 is 1.00 bits per heavy atom. The maximum atomic E-state index is 13.0. The number of carbonyl (C=O) groups is 1. The van der Waals surface area contributed by atoms with Gasteiger partial charge in [0.25, 0.3) is 0 Å². The van der Waals surface area contributed by atoms with Gasteiger partial charge < -0.3 is 4.40 Å². The summed E-state index contributed by atoms with van der Waals surface area (Å²) in [5.41, 5.74) is 3.30. The van der Waals surface area contributed by atoms with Crippen LogP contribution >= 0.6 is 11.6 Å². The molecule has 0 aliphatic rings. The molecule has 2 nitrogen and oxygen atoms in total. The molecule has 0 bridgehead atoms. The molecule has 112 valence electrons. The highest BCUT2D eigenvalue weighted by atomic mass is 35.5. The summed E-state index contributed by atoms with van der Waals surface area (Å²) in [6, 6.07) is 19.4. The molecular formula is C20H14ClNO. The van der Waals surface area contributed by atoms with Crippen LogP contribution in [-0.4, -0.2) is 10.2 Å². The molecule has 0 fully saturated rings. The highest BCUT2D eigenvalue weighted by Crippen LogP contribution is 2.26. The van der Waals surface area contributed by atoms with Crippen molar-refractivity contribution in [2.75, 3.05) is 0 Å². The van der Waals surface area contributed by atoms with Crippen molar-refractivity contribution in [3.05, 3.63) is 88.7 Å². The lowest BCUT2D eigenvalue weighted by Gasteiger charge is -2.06. The van der Waals surface area contributed by atoms with Crippen molar-refractivity contribution in [3.8, 4) is 0 Å². The van der Waals surface area contributed by atoms with Crippen molar-refractivity contribution >= 4 is 33.7 Å². The van der Waals surface area contributed by atoms with E-state index in [2.05, 4.69) is 18.2 Å². The summed E-state index contributed by atoms with van der Waals surface area (Å²) in [5, 5.41) is 2.88. The minimum atomic E-state index is -0.0136. The van der Waals surface area contributed by atoms with Crippen molar-refractivity contribution in [2.45, 2.75) is 6.92 Å². The molecule has 0 unspecified atom stereocenters. The van der Waals surface area contributed by atoms with Crippen LogP contribution in [0.15, 0.2) is 66.9 Å². The van der Waals surface area contributed by atoms with Gasteiger partial charge in [0.2, 0.25) is 5.78 Å². The smallest absolute Gasteiger partial charge is 0.210 e. The first kappa shape index (κ1) is 14.0. The highest BCUT2D eigenvalue weighted by molar-refractivity contribution is 6.31. The van der Waals surface area contributed by atoms with Crippen molar-refractivity contribution in [1.82, 2.24) is 4.40 Å². The average molecular weight is 320 g/mol. The van der Waals surface area contributed by atoms with E-state index >= 15 is 0 Å². The lowest BCUT2D eigenvalue weighted by molar-refractivity contribution is 0.103. The number of carbonyl (C=O) groups excluding carboxylic acids is 1. The van der Waals surface area contributed by atoms with Crippen LogP contribution in [0.25, 0.3) is 16.3 Å². The molecule has 0 radical (unpaired) electrons. The van der Waals surface area contributed by atoms with Gasteiger partial charge in [0.1, 0.15) is 0 Å². The molecule has 2 aromatic carbocycles. The van der Waals surface area contributed by atoms with Crippen LogP contribution in [0.2, 0.25) is 5.02 Å². The third-order valence-electron chi connectivity index (χ3n) is 4.17. The minimum absolute atomic E-state index is 0.0136. The van der Waals surface area contributed by atoms with Crippen LogP contribution in [-0.2, 0) is 0 Å². The summed E-state index contributed by atoms with van der Waals surface area (Å²) in [6.45, 7) is 1.97. The zero-order chi connectivity index (χ0) is 16.0. The number of hydrogen-bond donors (Lipinski definition) is 0. The Balaban J connectivity index is 1.99. The van der Waals surface area contributed by atoms with E-state index in [9.17, 15) is 4.79 Å². The van der Waals surface area contributed by atoms with Crippen LogP contribution in [0.1, 0.15) is 21.6 Å². The number of benzene rings is 2. The first-order chi connectivity index (χ1) is 11.1. The van der Waals surface area contributed by atoms with Crippen LogP contribution in [0.5, 0.6) is 0 Å². The van der Waals surface area contributed by atoms with E-state index < -0.39 is 0 Å². The second-order valence-electron chi connectivity index (χ2n) is 5.67. The Hall–Kier alpha value is -2.58. The second-order valence-corrected chi connectivity index (χ2v) is 6.11. The van der Waals surface area contributed by atoms with Gasteiger partial charge >= 0.3 is 0 Å². The molecule has 2 aromatic heterocycles. The number of pyridine rings is 1. The summed E-state index contributed by atoms with van der Waals surface area (Å²) < 4.78 is 1.97. The Labute approximate surface area is 138 Å². The molecule has 0 amide bonds. The van der Waals surface area contributed by atoms with Crippen molar-refractivity contribution < 1.29 is 4.79 Å². The van der Waals surface area contributed by atoms with Gasteiger partial charge in [0, 0.05) is 22.2 Å². The molecule has 0 saturated heterocycles. The quantitative estimate of drug-likeness (QED) is 0.460. The summed E-state index contributed by atoms with van der Waals surface area (Å²) in [4.78, 5) is 13.0. The van der Waals surface area contributed by atoms with E-state index in [0.29, 0.717) is 16.3 Å². The van der Waals surface area contributed by atoms with Gasteiger partial charge in [0.15, 0.2) is 0 Å². The maximum absolute atomic E-state index is 13.0. The number of fused-ring (bicyclic) bond motifs is 3. The van der Waals surface area contributed by atoms with Gasteiger partial charge in [-0.3, -0.25) is 4.79 Å². The molecule has 4 rings (SSSR count). The largest absolute Gasteiger partial charge is 0.313 e. The first-order valence-corrected chi connectivity index (χ1v) is 7.82. The molecule has 2 heterocycles. The van der Waals surface area contributed by atoms with E-state index in [1.54, 1.807) is 24.3 Å². The predicted molar refractivity (Wildman–Crippen MR) is 94.5 cm³/mol. The standard InChI is InChI=1S/C20H14ClNO/c1-13-11-18-17-8-3-2-5-14(17)9-10-22(18)19(13)20(23)15-6-4-7-16(21)12-15/h2-12H,1H3. The zero-order valence-electron chi connectivity index (χ0n) is 12.6. The first-order valence-electron chi connectivity index (χ1n) is 7.45. The minimum Gasteiger partial charge on any atom is -0.313 e. The molecule has 0 spiro atoms. The van der Waals surface area contributed by atoms with Crippen LogP contribution in [0.4, 0.5) is 0 Å². The van der Waals surface area contributed by atoms with E-state index in [1.165, 1.54) is 5.39 Å². The SMILES string of the molecule is Cc1cc2c3ccccc3ccn2c1C(=O)c1cccc(Cl)c1. The van der Waals surface area contributed by atoms with Crippen molar-refractivity contribution in [2.24, 2.45) is 0 Å². The average Bonchev–Trinajstić information content (AvgIpc) is 2.90. The molecule has 0 aliphatic carbocycles. The zero-order valence-corrected chi connectivity index (χ0v) is 13.3. The Kier molecular flexibility index (Phi) is 3.21. The van der Waals surface area contributed by atoms with Gasteiger partial charge in [-0.25, -0.2) is 0 Å². The molecule has 23 heavy (non-hydrogen) atoms. The number of halogens is 1. The van der Waals surface area contributed by atoms with E-state index in [1.807, 2.05) is 35.7 Å². The van der Waals surface area contributed by atoms with E-state index in [-0.39, 0.29) is 5.78 Å². The fourth-order valence-electron chi connectivity index (χ4n) is 3.10. The second kappa shape index (κ2) is 5.25. The monoisotopic (exact) mass is 319 g/mol. The van der Waals surface area contributed by atoms with E-state index in [4.69, 9.17) is 11.6 Å². The van der Waals surface area contributed by atoms with Crippen molar-refractivity contribution in [1.29, 1.82) is 0 Å². The number of ketones is 1. The molecular weight excluding hydrogens is 306 g/mol. The normalized spacial score (nSPS) is 11.2. The molecule has 0 aliphatic heterocycles. The summed E-state index contributed by atoms with van der Waals surface area (Å²) in [6.07, 6.45) is 1.96. The number of nitrogens with zero attached hydrogens (tertiary/aromatic N) is 1. The summed E-state index contributed by atoms with van der Waals surface area (Å²) in [5.74, 6) is -0.0136. The molecule has 0 N–H and O–H groups in total. The topological polar surface area (TPSA) is 21.5 Å². The van der Waals surface area contributed by atoms with Gasteiger partial charge in [-0.05, 0) is 42.1 Å². The van der Waals surface area contributed by atoms with Crippen LogP contribution in [0.3, 0.4) is 0 Å². The van der Waals surface area contributed by atoms with Gasteiger partial charge in [-0.2, -0.15) is 0 Å². The van der Waals surface area contributed by atoms with Crippen molar-refractivity contribution in [3.63, 3.8) is 0 Å². The lowest BCUT2D eigenvalue weighted by Crippen LogP contribution is -2.06. The molecule has 4 aromatic rings. The Morgan fingerprint density at radius 3 is 2.65 bits per heavy atom. The van der Waals surface area contributed by atoms with Crippen LogP contribution < -0.4 is 0 Å². The van der Waals surface area contributed by atoms with E-state index in [0.717, 1.165) is 16.5 Å². The number of rotatable bonds is 2. The number of aromatic nitrogens is 1. The highest BCUT2D eigenvalue weighted by Gasteiger charge is 2.18. The molecule has 0 atom stereocenters. The summed E-state index contributed by atoms with van der Waals surface area (Å²) in [7, 11) is 0. The fraction of sp³-hybridized carbons (Fsp3) is 0.0500. The number of hydrogen-bond acceptors (Lipinski definition) is 1. The Bertz CT molecular complexity index is 1060. The lowest BCUT2D eigenvalue weighted by atomic mass is 10.1. The number of aryl methyl sites for hydroxylation is 1.